The van der Waals surface area contributed by atoms with Crippen LogP contribution in [0.5, 0.6) is 0 Å². The molecule has 2 atom stereocenters. The second kappa shape index (κ2) is 55.7. The number of rotatable bonds is 38. The Morgan fingerprint density at radius 2 is 0.679 bits per heavy atom. The predicted molar refractivity (Wildman–Crippen MR) is 525 cm³/mol. The molecule has 0 spiro atoms. The fraction of sp³-hybridized carbons (Fsp3) is 0.473. The smallest absolute Gasteiger partial charge is 0.422 e. The zero-order valence-corrected chi connectivity index (χ0v) is 83.0. The number of alkyl halides is 5. The van der Waals surface area contributed by atoms with Crippen LogP contribution in [0.3, 0.4) is 0 Å². The highest BCUT2D eigenvalue weighted by atomic mass is 32.2. The summed E-state index contributed by atoms with van der Waals surface area (Å²) in [5.41, 5.74) is -4.81. The first-order valence-corrected chi connectivity index (χ1v) is 54.2. The Bertz CT molecular complexity index is 4480. The number of benzene rings is 9. The van der Waals surface area contributed by atoms with E-state index >= 15 is 0 Å². The third kappa shape index (κ3) is 34.9. The topological polar surface area (TPSA) is 249 Å². The van der Waals surface area contributed by atoms with Crippen molar-refractivity contribution >= 4 is 72.6 Å². The predicted octanol–water partition coefficient (Wildman–Crippen LogP) is 23.0. The number of unbranched alkanes of at least 4 members (excludes halogenated alkanes) is 14. The van der Waals surface area contributed by atoms with E-state index < -0.39 is 68.9 Å². The first-order chi connectivity index (χ1) is 65.9. The molecular weight excluding hydrogens is 1820 g/mol. The van der Waals surface area contributed by atoms with Crippen LogP contribution in [0.4, 0.5) is 22.0 Å². The SMILES string of the molecule is CC(C)C(OC(=O)C12CC3CC(CC(C3)C1)C2)C(F)(F)C(=O)[O-].CC(O)(C(=O)[O-])C(F)(F)F.CCCCCCCCCCCCCCCCCC(=O)OCCN1CCOCC1.O=C(OCCS(=O)(=O)[O-])C12CC3CC(CC(C3)C1)C2.c1ccc([S+](c2ccccc2)c2ccccc2)cc1.c1ccc([S+](c2ccccc2)c2ccccc2)cc1.c1ccc([S+](c2ccccc2)c2ccccc2)cc1. The number of esters is 3. The number of nitrogens with zero attached hydrogens (tertiary/aromatic N) is 1. The Hall–Kier alpha value is -9.18. The molecule has 1 saturated heterocycles. The molecule has 18 rings (SSSR count). The van der Waals surface area contributed by atoms with Crippen molar-refractivity contribution in [1.82, 2.24) is 4.90 Å². The number of carboxylic acids is 2. The van der Waals surface area contributed by atoms with Crippen molar-refractivity contribution in [1.29, 1.82) is 0 Å². The van der Waals surface area contributed by atoms with Gasteiger partial charge in [0.1, 0.15) is 19.2 Å². The van der Waals surface area contributed by atoms with Gasteiger partial charge >= 0.3 is 30.0 Å². The molecule has 9 aliphatic rings. The molecule has 9 fully saturated rings. The van der Waals surface area contributed by atoms with Crippen molar-refractivity contribution in [3.63, 3.8) is 0 Å². The fourth-order valence-electron chi connectivity index (χ4n) is 20.3. The van der Waals surface area contributed by atoms with E-state index in [0.717, 1.165) is 84.2 Å². The lowest BCUT2D eigenvalue weighted by atomic mass is 9.49. The van der Waals surface area contributed by atoms with Gasteiger partial charge in [0.15, 0.2) is 55.8 Å². The van der Waals surface area contributed by atoms with Crippen LogP contribution in [0.15, 0.2) is 317 Å². The quantitative estimate of drug-likeness (QED) is 0.00943. The van der Waals surface area contributed by atoms with E-state index in [4.69, 9.17) is 24.1 Å². The average molecular weight is 1960 g/mol. The number of aliphatic hydroxyl groups is 1. The molecule has 0 radical (unpaired) electrons. The maximum absolute atomic E-state index is 13.9. The van der Waals surface area contributed by atoms with E-state index in [2.05, 4.69) is 285 Å². The van der Waals surface area contributed by atoms with Gasteiger partial charge in [-0.25, -0.2) is 8.42 Å². The fourth-order valence-corrected chi connectivity index (χ4v) is 26.9. The molecule has 9 aromatic carbocycles. The van der Waals surface area contributed by atoms with Gasteiger partial charge in [0.05, 0.1) is 78.6 Å². The molecule has 16 nitrogen and oxygen atoms in total. The van der Waals surface area contributed by atoms with Gasteiger partial charge in [-0.1, -0.05) is 274 Å². The van der Waals surface area contributed by atoms with Gasteiger partial charge in [-0.05, 0) is 241 Å². The number of hydrogen-bond donors (Lipinski definition) is 1. The van der Waals surface area contributed by atoms with E-state index in [9.17, 15) is 69.1 Å². The van der Waals surface area contributed by atoms with Crippen molar-refractivity contribution in [3.05, 3.63) is 273 Å². The van der Waals surface area contributed by atoms with Gasteiger partial charge < -0.3 is 48.4 Å². The Morgan fingerprint density at radius 1 is 0.416 bits per heavy atom. The van der Waals surface area contributed by atoms with E-state index in [0.29, 0.717) is 67.8 Å². The maximum Gasteiger partial charge on any atom is 0.422 e. The molecule has 1 heterocycles. The Balaban J connectivity index is 0.000000167. The molecule has 8 bridgehead atoms. The van der Waals surface area contributed by atoms with Gasteiger partial charge in [0, 0.05) is 26.1 Å². The van der Waals surface area contributed by atoms with Crippen LogP contribution >= 0.6 is 0 Å². The third-order valence-corrected chi connectivity index (χ3v) is 33.9. The molecule has 25 heteroatoms. The first-order valence-electron chi connectivity index (χ1n) is 48.9. The number of ether oxygens (including phenoxy) is 4. The second-order valence-corrected chi connectivity index (χ2v) is 45.3. The summed E-state index contributed by atoms with van der Waals surface area (Å²) >= 11 is 0. The summed E-state index contributed by atoms with van der Waals surface area (Å²) in [6.45, 7) is 9.82. The summed E-state index contributed by atoms with van der Waals surface area (Å²) in [5, 5.41) is 28.5. The lowest BCUT2D eigenvalue weighted by Crippen LogP contribution is -2.56. The molecule has 8 aliphatic carbocycles. The van der Waals surface area contributed by atoms with Crippen LogP contribution in [0.1, 0.15) is 207 Å². The van der Waals surface area contributed by atoms with E-state index in [1.807, 2.05) is 0 Å². The largest absolute Gasteiger partial charge is 0.748 e. The Labute approximate surface area is 817 Å². The highest BCUT2D eigenvalue weighted by Crippen LogP contribution is 2.62. The number of aliphatic carboxylic acids is 2. The Kier molecular flexibility index (Phi) is 44.7. The first kappa shape index (κ1) is 110. The highest BCUT2D eigenvalue weighted by molar-refractivity contribution is 7.97. The van der Waals surface area contributed by atoms with E-state index in [-0.39, 0.29) is 63.6 Å². The highest BCUT2D eigenvalue weighted by Gasteiger charge is 2.59. The minimum atomic E-state index is -5.19. The number of morpholine rings is 1. The molecule has 8 saturated carbocycles. The number of hydrogen-bond acceptors (Lipinski definition) is 16. The molecule has 137 heavy (non-hydrogen) atoms. The number of carboxylic acid groups (broad SMARTS) is 2. The minimum Gasteiger partial charge on any atom is -0.748 e. The summed E-state index contributed by atoms with van der Waals surface area (Å²) in [6.07, 6.45) is 25.5. The lowest BCUT2D eigenvalue weighted by molar-refractivity contribution is -0.351. The number of halogens is 5. The average Bonchev–Trinajstić information content (AvgIpc) is 0.735. The molecular formula is C112H138F5NO15S4. The zero-order valence-electron chi connectivity index (χ0n) is 79.7. The number of carbonyl (C=O) groups excluding carboxylic acids is 5. The van der Waals surface area contributed by atoms with Crippen molar-refractivity contribution in [2.45, 2.75) is 275 Å². The summed E-state index contributed by atoms with van der Waals surface area (Å²) in [6, 6.07) is 96.5. The van der Waals surface area contributed by atoms with Crippen LogP contribution in [0, 0.1) is 52.3 Å². The molecule has 740 valence electrons. The van der Waals surface area contributed by atoms with Crippen LogP contribution in [0.2, 0.25) is 0 Å². The molecule has 9 aromatic rings. The summed E-state index contributed by atoms with van der Waals surface area (Å²) < 4.78 is 114. The van der Waals surface area contributed by atoms with Crippen molar-refractivity contribution in [2.24, 2.45) is 52.3 Å². The van der Waals surface area contributed by atoms with Crippen molar-refractivity contribution in [3.8, 4) is 0 Å². The zero-order chi connectivity index (χ0) is 98.1. The Morgan fingerprint density at radius 3 is 0.912 bits per heavy atom. The van der Waals surface area contributed by atoms with Crippen LogP contribution in [-0.4, -0.2) is 128 Å². The summed E-state index contributed by atoms with van der Waals surface area (Å²) in [7, 11) is -4.35. The van der Waals surface area contributed by atoms with Gasteiger partial charge in [-0.2, -0.15) is 22.0 Å². The van der Waals surface area contributed by atoms with Crippen LogP contribution in [-0.2, 0) is 85.7 Å². The van der Waals surface area contributed by atoms with Crippen LogP contribution < -0.4 is 10.2 Å². The van der Waals surface area contributed by atoms with Gasteiger partial charge in [-0.3, -0.25) is 19.3 Å². The van der Waals surface area contributed by atoms with Gasteiger partial charge in [0.25, 0.3) is 0 Å². The normalized spacial score (nSPS) is 20.6. The van der Waals surface area contributed by atoms with Crippen molar-refractivity contribution < 1.29 is 93.2 Å². The van der Waals surface area contributed by atoms with Crippen molar-refractivity contribution in [2.75, 3.05) is 51.8 Å². The summed E-state index contributed by atoms with van der Waals surface area (Å²) in [5.74, 6) is -8.21. The standard InChI is InChI=1S/C24H47NO3.3C18H15S.C17H24F2O4.C13H20O5S.C4H5F3O3/c1-2-3-4-5-6-7-8-9-10-11-12-13-14-15-16-17-24(26)28-23-20-25-18-21-27-22-19-25;3*1-4-10-16(11-5-1)19(17-12-6-2-7-13-17)18-14-8-3-9-15-18;1-9(2)13(17(18,19)14(20)21)23-15(22)16-6-10-3-11(7-16)5-12(4-10)8-16;14-12(18-1-2-19(15,16)17)13-6-9-3-10(7-13)5-11(4-9)8-13;1-3(10,2(8)9)4(5,6)7/h2-23H2,1H3;3*1-15H;9-13H,3-8H2,1-2H3,(H,20,21);9-11H,1-8H2,(H,15,16,17);10H,1H3,(H,8,9)/q;3*+1;;;/p-3. The molecule has 0 aromatic heterocycles. The van der Waals surface area contributed by atoms with E-state index in [1.165, 1.54) is 161 Å². The maximum atomic E-state index is 13.9. The third-order valence-electron chi connectivity index (χ3n) is 26.5. The number of carbonyl (C=O) groups is 5. The molecule has 1 N–H and O–H groups in total. The second-order valence-electron chi connectivity index (χ2n) is 37.7. The molecule has 0 amide bonds. The summed E-state index contributed by atoms with van der Waals surface area (Å²) in [4.78, 5) is 71.6. The minimum absolute atomic E-state index is 0.0146. The monoisotopic (exact) mass is 1960 g/mol. The van der Waals surface area contributed by atoms with Crippen LogP contribution in [0.25, 0.3) is 0 Å². The molecule has 1 aliphatic heterocycles. The van der Waals surface area contributed by atoms with Gasteiger partial charge in [-0.15, -0.1) is 0 Å². The van der Waals surface area contributed by atoms with E-state index in [1.54, 1.807) is 0 Å². The lowest BCUT2D eigenvalue weighted by Gasteiger charge is -2.55. The van der Waals surface area contributed by atoms with Gasteiger partial charge in [0.2, 0.25) is 0 Å². The molecule has 2 unspecified atom stereocenters.